The summed E-state index contributed by atoms with van der Waals surface area (Å²) in [7, 11) is 0. The fourth-order valence-electron chi connectivity index (χ4n) is 4.89. The highest BCUT2D eigenvalue weighted by molar-refractivity contribution is 6.00. The second kappa shape index (κ2) is 14.4. The number of benzene rings is 2. The van der Waals surface area contributed by atoms with E-state index < -0.39 is 101 Å². The third kappa shape index (κ3) is 7.59. The maximum Gasteiger partial charge on any atom is 0.312 e. The number of hydrogen-bond donors (Lipinski definition) is 5. The Hall–Kier alpha value is -5.05. The molecule has 1 saturated heterocycles. The Morgan fingerprint density at radius 1 is 0.891 bits per heavy atom. The number of aromatic nitrogens is 1. The molecule has 1 fully saturated rings. The largest absolute Gasteiger partial charge is 0.507 e. The molecule has 5 N–H and O–H groups in total. The van der Waals surface area contributed by atoms with Crippen LogP contribution in [0, 0.1) is 29.4 Å². The van der Waals surface area contributed by atoms with Gasteiger partial charge in [0.1, 0.15) is 11.8 Å². The van der Waals surface area contributed by atoms with Crippen molar-refractivity contribution in [3.63, 3.8) is 0 Å². The normalized spacial score (nSPS) is 24.1. The zero-order valence-electron chi connectivity index (χ0n) is 24.5. The molecule has 2 heterocycles. The van der Waals surface area contributed by atoms with E-state index in [1.807, 2.05) is 0 Å². The zero-order chi connectivity index (χ0) is 33.7. The molecule has 1 aliphatic heterocycles. The molecule has 1 aromatic heterocycles. The first kappa shape index (κ1) is 33.8. The molecule has 1 aliphatic rings. The number of nitrogens with one attached hydrogen (secondary N) is 3. The maximum absolute atomic E-state index is 14.7. The number of pyridine rings is 1. The van der Waals surface area contributed by atoms with Crippen LogP contribution in [-0.2, 0) is 32.0 Å². The molecule has 3 aromatic rings. The molecule has 6 atom stereocenters. The number of amides is 3. The van der Waals surface area contributed by atoms with Gasteiger partial charge in [-0.15, -0.1) is 0 Å². The summed E-state index contributed by atoms with van der Waals surface area (Å²) in [5.74, 6) is -13.9. The number of rotatable bonds is 6. The van der Waals surface area contributed by atoms with Gasteiger partial charge in [-0.3, -0.25) is 19.2 Å². The van der Waals surface area contributed by atoms with Gasteiger partial charge in [0.25, 0.3) is 17.8 Å². The third-order valence-corrected chi connectivity index (χ3v) is 7.53. The number of aromatic hydroxyl groups is 1. The highest BCUT2D eigenvalue weighted by atomic mass is 19.2. The summed E-state index contributed by atoms with van der Waals surface area (Å²) in [5, 5.41) is 28.5. The Morgan fingerprint density at radius 2 is 1.54 bits per heavy atom. The van der Waals surface area contributed by atoms with Crippen LogP contribution >= 0.6 is 0 Å². The fourth-order valence-corrected chi connectivity index (χ4v) is 4.89. The number of ether oxygens (including phenoxy) is 1. The summed E-state index contributed by atoms with van der Waals surface area (Å²) in [5.41, 5.74) is -0.799. The molecular weight excluding hydrogens is 616 g/mol. The van der Waals surface area contributed by atoms with E-state index in [-0.39, 0.29) is 12.0 Å². The SMILES string of the molecule is CC1NC(=O)C(Cc2ccccc2)OC(=O)C(C)C(O)C(Cc2c(F)nc(F)c(F)c2F)NC(=O)C1NC(=O)c1ccccc1O. The van der Waals surface area contributed by atoms with Crippen molar-refractivity contribution in [2.24, 2.45) is 5.92 Å². The number of nitrogens with zero attached hydrogens (tertiary/aromatic N) is 1. The second-order valence-corrected chi connectivity index (χ2v) is 10.8. The molecule has 3 amide bonds. The van der Waals surface area contributed by atoms with E-state index in [0.29, 0.717) is 5.56 Å². The summed E-state index contributed by atoms with van der Waals surface area (Å²) < 4.78 is 62.2. The third-order valence-electron chi connectivity index (χ3n) is 7.53. The van der Waals surface area contributed by atoms with Gasteiger partial charge in [-0.05, 0) is 31.5 Å². The van der Waals surface area contributed by atoms with Crippen LogP contribution in [0.4, 0.5) is 17.6 Å². The molecule has 15 heteroatoms. The van der Waals surface area contributed by atoms with Crippen molar-refractivity contribution in [1.29, 1.82) is 0 Å². The van der Waals surface area contributed by atoms with Crippen molar-refractivity contribution in [3.8, 4) is 5.75 Å². The first-order valence-electron chi connectivity index (χ1n) is 14.1. The number of aliphatic hydroxyl groups is 1. The molecule has 0 radical (unpaired) electrons. The van der Waals surface area contributed by atoms with Crippen molar-refractivity contribution in [2.45, 2.75) is 57.0 Å². The van der Waals surface area contributed by atoms with Gasteiger partial charge < -0.3 is 30.9 Å². The lowest BCUT2D eigenvalue weighted by Gasteiger charge is -2.33. The van der Waals surface area contributed by atoms with Crippen molar-refractivity contribution >= 4 is 23.7 Å². The molecule has 2 aromatic carbocycles. The number of aliphatic hydroxyl groups excluding tert-OH is 1. The summed E-state index contributed by atoms with van der Waals surface area (Å²) >= 11 is 0. The standard InChI is InChI=1S/C31H30F4N4O7/c1-14-25(41)19(13-18-22(32)23(33)27(35)39-26(18)34)37-30(44)24(38-28(42)17-10-6-7-11-20(17)40)15(2)36-29(43)21(46-31(14)45)12-16-8-4-3-5-9-16/h3-11,14-15,19,21,24-25,40-41H,12-13H2,1-2H3,(H,36,43)(H,37,44)(H,38,42). The fraction of sp³-hybridized carbons (Fsp3) is 0.323. The van der Waals surface area contributed by atoms with Crippen LogP contribution in [0.1, 0.15) is 35.3 Å². The van der Waals surface area contributed by atoms with Gasteiger partial charge in [0.05, 0.1) is 29.7 Å². The van der Waals surface area contributed by atoms with Crippen molar-refractivity contribution in [1.82, 2.24) is 20.9 Å². The highest BCUT2D eigenvalue weighted by Crippen LogP contribution is 2.23. The van der Waals surface area contributed by atoms with Gasteiger partial charge in [0.2, 0.25) is 17.7 Å². The number of carbonyl (C=O) groups excluding carboxylic acids is 4. The predicted molar refractivity (Wildman–Crippen MR) is 152 cm³/mol. The van der Waals surface area contributed by atoms with Crippen LogP contribution in [0.3, 0.4) is 0 Å². The van der Waals surface area contributed by atoms with E-state index in [1.165, 1.54) is 31.2 Å². The minimum Gasteiger partial charge on any atom is -0.507 e. The predicted octanol–water partition coefficient (Wildman–Crippen LogP) is 1.84. The van der Waals surface area contributed by atoms with Gasteiger partial charge in [-0.2, -0.15) is 18.2 Å². The topological polar surface area (TPSA) is 167 Å². The number of cyclic esters (lactones) is 1. The zero-order valence-corrected chi connectivity index (χ0v) is 24.5. The van der Waals surface area contributed by atoms with Gasteiger partial charge in [-0.25, -0.2) is 4.39 Å². The average molecular weight is 647 g/mol. The number of hydrogen-bond acceptors (Lipinski definition) is 8. The molecular formula is C31H30F4N4O7. The van der Waals surface area contributed by atoms with Crippen molar-refractivity contribution in [2.75, 3.05) is 0 Å². The minimum absolute atomic E-state index is 0.130. The van der Waals surface area contributed by atoms with Gasteiger partial charge >= 0.3 is 5.97 Å². The quantitative estimate of drug-likeness (QED) is 0.154. The van der Waals surface area contributed by atoms with E-state index in [9.17, 15) is 47.0 Å². The van der Waals surface area contributed by atoms with Crippen LogP contribution in [0.15, 0.2) is 54.6 Å². The number of phenolic OH excluding ortho intramolecular Hbond substituents is 1. The molecule has 11 nitrogen and oxygen atoms in total. The van der Waals surface area contributed by atoms with Crippen molar-refractivity contribution in [3.05, 3.63) is 94.8 Å². The Kier molecular flexibility index (Phi) is 10.6. The Balaban J connectivity index is 1.75. The van der Waals surface area contributed by atoms with Crippen LogP contribution < -0.4 is 16.0 Å². The molecule has 4 rings (SSSR count). The molecule has 0 bridgehead atoms. The lowest BCUT2D eigenvalue weighted by Crippen LogP contribution is -2.62. The van der Waals surface area contributed by atoms with E-state index in [2.05, 4.69) is 20.9 Å². The number of phenols is 1. The minimum atomic E-state index is -2.11. The first-order chi connectivity index (χ1) is 21.8. The monoisotopic (exact) mass is 646 g/mol. The Labute approximate surface area is 260 Å². The van der Waals surface area contributed by atoms with Crippen LogP contribution in [0.2, 0.25) is 0 Å². The Bertz CT molecular complexity index is 1630. The lowest BCUT2D eigenvalue weighted by molar-refractivity contribution is -0.164. The number of esters is 1. The average Bonchev–Trinajstić information content (AvgIpc) is 3.02. The Morgan fingerprint density at radius 3 is 2.22 bits per heavy atom. The van der Waals surface area contributed by atoms with Crippen LogP contribution in [-0.4, -0.2) is 69.2 Å². The van der Waals surface area contributed by atoms with E-state index in [4.69, 9.17) is 4.74 Å². The van der Waals surface area contributed by atoms with E-state index in [0.717, 1.165) is 6.92 Å². The molecule has 0 spiro atoms. The first-order valence-corrected chi connectivity index (χ1v) is 14.1. The smallest absolute Gasteiger partial charge is 0.312 e. The summed E-state index contributed by atoms with van der Waals surface area (Å²) in [4.78, 5) is 56.0. The van der Waals surface area contributed by atoms with Gasteiger partial charge in [0.15, 0.2) is 11.9 Å². The molecule has 0 saturated carbocycles. The summed E-state index contributed by atoms with van der Waals surface area (Å²) in [6.07, 6.45) is -4.63. The second-order valence-electron chi connectivity index (χ2n) is 10.8. The maximum atomic E-state index is 14.7. The number of para-hydroxylation sites is 1. The van der Waals surface area contributed by atoms with E-state index in [1.54, 1.807) is 30.3 Å². The van der Waals surface area contributed by atoms with Crippen LogP contribution in [0.25, 0.3) is 0 Å². The van der Waals surface area contributed by atoms with Crippen LogP contribution in [0.5, 0.6) is 5.75 Å². The van der Waals surface area contributed by atoms with Gasteiger partial charge in [-0.1, -0.05) is 42.5 Å². The lowest BCUT2D eigenvalue weighted by atomic mass is 9.92. The summed E-state index contributed by atoms with van der Waals surface area (Å²) in [6, 6.07) is 9.09. The van der Waals surface area contributed by atoms with Crippen molar-refractivity contribution < 1.29 is 51.7 Å². The molecule has 244 valence electrons. The highest BCUT2D eigenvalue weighted by Gasteiger charge is 2.40. The number of carbonyl (C=O) groups is 4. The molecule has 6 unspecified atom stereocenters. The summed E-state index contributed by atoms with van der Waals surface area (Å²) in [6.45, 7) is 2.48. The van der Waals surface area contributed by atoms with Gasteiger partial charge in [0, 0.05) is 18.4 Å². The molecule has 0 aliphatic carbocycles. The van der Waals surface area contributed by atoms with E-state index >= 15 is 0 Å². The molecule has 46 heavy (non-hydrogen) atoms. The number of halogens is 4.